The third kappa shape index (κ3) is 2.14. The Bertz CT molecular complexity index is 681. The first-order valence-corrected chi connectivity index (χ1v) is 6.48. The van der Waals surface area contributed by atoms with Gasteiger partial charge in [0.05, 0.1) is 11.4 Å². The predicted octanol–water partition coefficient (Wildman–Crippen LogP) is 1.24. The van der Waals surface area contributed by atoms with Crippen molar-refractivity contribution in [2.75, 3.05) is 10.5 Å². The number of benzene rings is 1. The smallest absolute Gasteiger partial charge is 0.266 e. The summed E-state index contributed by atoms with van der Waals surface area (Å²) in [5.74, 6) is -0.883. The number of hydrogen-bond donors (Lipinski definition) is 3. The highest BCUT2D eigenvalue weighted by atomic mass is 32.2. The van der Waals surface area contributed by atoms with Crippen LogP contribution in [0.5, 0.6) is 0 Å². The van der Waals surface area contributed by atoms with Gasteiger partial charge in [0.25, 0.3) is 10.0 Å². The molecule has 1 aromatic heterocycles. The van der Waals surface area contributed by atoms with Crippen LogP contribution in [0.25, 0.3) is 0 Å². The number of nitrogens with two attached hydrogens (primary N) is 1. The van der Waals surface area contributed by atoms with Gasteiger partial charge in [0, 0.05) is 0 Å². The van der Waals surface area contributed by atoms with Gasteiger partial charge >= 0.3 is 0 Å². The lowest BCUT2D eigenvalue weighted by atomic mass is 10.4. The summed E-state index contributed by atoms with van der Waals surface area (Å²) in [4.78, 5) is -0.454. The Hall–Kier alpha value is -2.09. The fraction of sp³-hybridized carbons (Fsp3) is 0.100. The van der Waals surface area contributed by atoms with Crippen molar-refractivity contribution < 1.29 is 12.8 Å². The van der Waals surface area contributed by atoms with Crippen LogP contribution in [0.1, 0.15) is 5.69 Å². The molecule has 8 heteroatoms. The van der Waals surface area contributed by atoms with Crippen LogP contribution >= 0.6 is 0 Å². The van der Waals surface area contributed by atoms with E-state index in [4.69, 9.17) is 5.73 Å². The number of nitrogen functional groups attached to an aromatic ring is 1. The minimum absolute atomic E-state index is 0.0456. The molecule has 0 unspecified atom stereocenters. The molecule has 0 radical (unpaired) electrons. The lowest BCUT2D eigenvalue weighted by Crippen LogP contribution is -2.15. The second-order valence-corrected chi connectivity index (χ2v) is 5.30. The van der Waals surface area contributed by atoms with E-state index >= 15 is 0 Å². The lowest BCUT2D eigenvalue weighted by Gasteiger charge is -2.06. The molecule has 1 aromatic carbocycles. The summed E-state index contributed by atoms with van der Waals surface area (Å²) in [6, 6.07) is 5.05. The highest BCUT2D eigenvalue weighted by Crippen LogP contribution is 2.22. The SMILES string of the molecule is Cc1[nH]nc(NS(=O)(=O)c2ccccc2F)c1N. The number of aromatic nitrogens is 2. The van der Waals surface area contributed by atoms with Gasteiger partial charge in [-0.1, -0.05) is 12.1 Å². The van der Waals surface area contributed by atoms with Crippen LogP contribution < -0.4 is 10.5 Å². The monoisotopic (exact) mass is 270 g/mol. The van der Waals surface area contributed by atoms with Gasteiger partial charge < -0.3 is 5.73 Å². The number of aromatic amines is 1. The van der Waals surface area contributed by atoms with Crippen LogP contribution in [0.4, 0.5) is 15.9 Å². The largest absolute Gasteiger partial charge is 0.394 e. The van der Waals surface area contributed by atoms with E-state index in [1.54, 1.807) is 6.92 Å². The highest BCUT2D eigenvalue weighted by molar-refractivity contribution is 7.92. The van der Waals surface area contributed by atoms with E-state index in [-0.39, 0.29) is 11.5 Å². The number of anilines is 2. The van der Waals surface area contributed by atoms with E-state index in [2.05, 4.69) is 14.9 Å². The molecule has 0 fully saturated rings. The van der Waals surface area contributed by atoms with Crippen molar-refractivity contribution >= 4 is 21.5 Å². The number of nitrogens with zero attached hydrogens (tertiary/aromatic N) is 1. The van der Waals surface area contributed by atoms with Crippen LogP contribution in [0.3, 0.4) is 0 Å². The van der Waals surface area contributed by atoms with Crippen LogP contribution in [-0.2, 0) is 10.0 Å². The first-order valence-electron chi connectivity index (χ1n) is 4.99. The molecule has 1 heterocycles. The summed E-state index contributed by atoms with van der Waals surface area (Å²) in [7, 11) is -4.04. The summed E-state index contributed by atoms with van der Waals surface area (Å²) >= 11 is 0. The first-order chi connectivity index (χ1) is 8.42. The minimum atomic E-state index is -4.04. The molecule has 4 N–H and O–H groups in total. The Labute approximate surface area is 103 Å². The molecule has 0 bridgehead atoms. The highest BCUT2D eigenvalue weighted by Gasteiger charge is 2.21. The number of sulfonamides is 1. The molecule has 0 saturated carbocycles. The normalized spacial score (nSPS) is 11.4. The van der Waals surface area contributed by atoms with Gasteiger partial charge in [-0.3, -0.25) is 9.82 Å². The van der Waals surface area contributed by atoms with Gasteiger partial charge in [-0.05, 0) is 19.1 Å². The summed E-state index contributed by atoms with van der Waals surface area (Å²) in [5, 5.41) is 6.22. The molecule has 96 valence electrons. The summed E-state index contributed by atoms with van der Waals surface area (Å²) in [6.45, 7) is 1.64. The molecule has 0 saturated heterocycles. The van der Waals surface area contributed by atoms with E-state index in [9.17, 15) is 12.8 Å². The van der Waals surface area contributed by atoms with Crippen molar-refractivity contribution in [1.82, 2.24) is 10.2 Å². The molecule has 2 rings (SSSR count). The first kappa shape index (κ1) is 12.4. The fourth-order valence-electron chi connectivity index (χ4n) is 1.36. The molecule has 6 nitrogen and oxygen atoms in total. The fourth-order valence-corrected chi connectivity index (χ4v) is 2.46. The second kappa shape index (κ2) is 4.30. The van der Waals surface area contributed by atoms with Gasteiger partial charge in [0.2, 0.25) is 0 Å². The average Bonchev–Trinajstić information content (AvgIpc) is 2.61. The summed E-state index contributed by atoms with van der Waals surface area (Å²) in [5.41, 5.74) is 6.32. The molecule has 18 heavy (non-hydrogen) atoms. The summed E-state index contributed by atoms with van der Waals surface area (Å²) in [6.07, 6.45) is 0. The standard InChI is InChI=1S/C10H11FN4O2S/c1-6-9(12)10(14-13-6)15-18(16,17)8-5-3-2-4-7(8)11/h2-5H,12H2,1H3,(H2,13,14,15). The van der Waals surface area contributed by atoms with Crippen LogP contribution in [-0.4, -0.2) is 18.6 Å². The molecule has 0 spiro atoms. The molecule has 2 aromatic rings. The maximum atomic E-state index is 13.4. The Morgan fingerprint density at radius 3 is 2.61 bits per heavy atom. The number of aryl methyl sites for hydroxylation is 1. The van der Waals surface area contributed by atoms with Crippen LogP contribution in [0.2, 0.25) is 0 Å². The molecule has 0 aliphatic rings. The Kier molecular flexibility index (Phi) is 2.95. The van der Waals surface area contributed by atoms with Gasteiger partial charge in [0.15, 0.2) is 5.82 Å². The van der Waals surface area contributed by atoms with E-state index in [1.165, 1.54) is 12.1 Å². The van der Waals surface area contributed by atoms with Crippen LogP contribution in [0.15, 0.2) is 29.2 Å². The molecular formula is C10H11FN4O2S. The zero-order chi connectivity index (χ0) is 13.3. The Morgan fingerprint density at radius 1 is 1.39 bits per heavy atom. The number of H-pyrrole nitrogens is 1. The molecule has 0 aliphatic heterocycles. The average molecular weight is 270 g/mol. The van der Waals surface area contributed by atoms with E-state index < -0.39 is 20.7 Å². The van der Waals surface area contributed by atoms with Gasteiger partial charge in [-0.15, -0.1) is 0 Å². The van der Waals surface area contributed by atoms with Gasteiger partial charge in [-0.25, -0.2) is 12.8 Å². The lowest BCUT2D eigenvalue weighted by molar-refractivity contribution is 0.570. The Morgan fingerprint density at radius 2 is 2.06 bits per heavy atom. The van der Waals surface area contributed by atoms with E-state index in [1.807, 2.05) is 0 Å². The maximum absolute atomic E-state index is 13.4. The van der Waals surface area contributed by atoms with Crippen LogP contribution in [0, 0.1) is 12.7 Å². The minimum Gasteiger partial charge on any atom is -0.394 e. The number of halogens is 1. The van der Waals surface area contributed by atoms with Gasteiger partial charge in [0.1, 0.15) is 10.7 Å². The van der Waals surface area contributed by atoms with Crippen molar-refractivity contribution in [2.45, 2.75) is 11.8 Å². The third-order valence-electron chi connectivity index (χ3n) is 2.35. The number of rotatable bonds is 3. The quantitative estimate of drug-likeness (QED) is 0.781. The molecule has 0 amide bonds. The van der Waals surface area contributed by atoms with Crippen molar-refractivity contribution in [3.05, 3.63) is 35.8 Å². The molecule has 0 aliphatic carbocycles. The zero-order valence-electron chi connectivity index (χ0n) is 9.44. The van der Waals surface area contributed by atoms with E-state index in [0.29, 0.717) is 5.69 Å². The molecular weight excluding hydrogens is 259 g/mol. The topological polar surface area (TPSA) is 101 Å². The summed E-state index contributed by atoms with van der Waals surface area (Å²) < 4.78 is 39.4. The van der Waals surface area contributed by atoms with E-state index in [0.717, 1.165) is 12.1 Å². The van der Waals surface area contributed by atoms with Crippen molar-refractivity contribution in [3.8, 4) is 0 Å². The Balaban J connectivity index is 2.40. The third-order valence-corrected chi connectivity index (χ3v) is 3.72. The molecule has 0 atom stereocenters. The number of nitrogens with one attached hydrogen (secondary N) is 2. The predicted molar refractivity (Wildman–Crippen MR) is 64.9 cm³/mol. The zero-order valence-corrected chi connectivity index (χ0v) is 10.3. The van der Waals surface area contributed by atoms with Crippen molar-refractivity contribution in [2.24, 2.45) is 0 Å². The van der Waals surface area contributed by atoms with Gasteiger partial charge in [-0.2, -0.15) is 5.10 Å². The van der Waals surface area contributed by atoms with Crippen molar-refractivity contribution in [1.29, 1.82) is 0 Å². The maximum Gasteiger partial charge on any atom is 0.266 e. The second-order valence-electron chi connectivity index (χ2n) is 3.65. The number of hydrogen-bond acceptors (Lipinski definition) is 4. The van der Waals surface area contributed by atoms with Crippen molar-refractivity contribution in [3.63, 3.8) is 0 Å².